The SMILES string of the molecule is Oc1c(P)cc2ccccc2c1O. The molecule has 66 valence electrons. The summed E-state index contributed by atoms with van der Waals surface area (Å²) < 4.78 is 0. The molecule has 0 spiro atoms. The predicted molar refractivity (Wildman–Crippen MR) is 56.6 cm³/mol. The highest BCUT2D eigenvalue weighted by Gasteiger charge is 2.07. The molecule has 0 aliphatic heterocycles. The van der Waals surface area contributed by atoms with Crippen molar-refractivity contribution < 1.29 is 10.2 Å². The average Bonchev–Trinajstić information content (AvgIpc) is 2.15. The lowest BCUT2D eigenvalue weighted by molar-refractivity contribution is 0.411. The molecule has 1 atom stereocenters. The summed E-state index contributed by atoms with van der Waals surface area (Å²) in [6, 6.07) is 9.19. The van der Waals surface area contributed by atoms with E-state index in [4.69, 9.17) is 0 Å². The Morgan fingerprint density at radius 1 is 1.00 bits per heavy atom. The first-order valence-corrected chi connectivity index (χ1v) is 4.47. The smallest absolute Gasteiger partial charge is 0.166 e. The molecule has 2 aromatic carbocycles. The minimum atomic E-state index is -0.0660. The van der Waals surface area contributed by atoms with Gasteiger partial charge in [0.1, 0.15) is 0 Å². The number of hydrogen-bond acceptors (Lipinski definition) is 2. The molecule has 0 saturated carbocycles. The summed E-state index contributed by atoms with van der Waals surface area (Å²) in [5.41, 5.74) is 0. The third kappa shape index (κ3) is 1.24. The van der Waals surface area contributed by atoms with E-state index in [1.165, 1.54) is 0 Å². The fraction of sp³-hybridized carbons (Fsp3) is 0. The molecule has 13 heavy (non-hydrogen) atoms. The molecule has 0 amide bonds. The van der Waals surface area contributed by atoms with Crippen molar-refractivity contribution in [2.75, 3.05) is 0 Å². The van der Waals surface area contributed by atoms with Crippen molar-refractivity contribution >= 4 is 25.3 Å². The molecular formula is C10H9O2P. The summed E-state index contributed by atoms with van der Waals surface area (Å²) in [6.07, 6.45) is 0. The summed E-state index contributed by atoms with van der Waals surface area (Å²) in [7, 11) is 2.38. The molecule has 2 N–H and O–H groups in total. The Labute approximate surface area is 78.0 Å². The van der Waals surface area contributed by atoms with Gasteiger partial charge in [-0.25, -0.2) is 0 Å². The number of phenolic OH excluding ortho intramolecular Hbond substituents is 2. The molecule has 0 heterocycles. The van der Waals surface area contributed by atoms with Crippen LogP contribution in [0.25, 0.3) is 10.8 Å². The van der Waals surface area contributed by atoms with Crippen LogP contribution in [-0.2, 0) is 0 Å². The maximum Gasteiger partial charge on any atom is 0.166 e. The zero-order chi connectivity index (χ0) is 9.42. The van der Waals surface area contributed by atoms with E-state index in [9.17, 15) is 10.2 Å². The Balaban J connectivity index is 2.94. The van der Waals surface area contributed by atoms with Crippen LogP contribution in [0.2, 0.25) is 0 Å². The molecule has 2 rings (SSSR count). The molecule has 0 saturated heterocycles. The number of aromatic hydroxyl groups is 2. The minimum absolute atomic E-state index is 0.0527. The van der Waals surface area contributed by atoms with Crippen LogP contribution in [0.3, 0.4) is 0 Å². The van der Waals surface area contributed by atoms with Gasteiger partial charge in [-0.05, 0) is 11.5 Å². The van der Waals surface area contributed by atoms with Gasteiger partial charge in [0, 0.05) is 10.7 Å². The summed E-state index contributed by atoms with van der Waals surface area (Å²) in [5, 5.41) is 21.2. The molecular weight excluding hydrogens is 183 g/mol. The molecule has 3 heteroatoms. The van der Waals surface area contributed by atoms with E-state index in [1.54, 1.807) is 6.07 Å². The monoisotopic (exact) mass is 192 g/mol. The Kier molecular flexibility index (Phi) is 1.86. The van der Waals surface area contributed by atoms with Gasteiger partial charge in [0.25, 0.3) is 0 Å². The zero-order valence-electron chi connectivity index (χ0n) is 6.86. The van der Waals surface area contributed by atoms with Gasteiger partial charge in [0.15, 0.2) is 11.5 Å². The summed E-state index contributed by atoms with van der Waals surface area (Å²) in [5.74, 6) is -0.119. The number of hydrogen-bond donors (Lipinski definition) is 2. The minimum Gasteiger partial charge on any atom is -0.504 e. The lowest BCUT2D eigenvalue weighted by Gasteiger charge is -2.05. The zero-order valence-corrected chi connectivity index (χ0v) is 8.01. The normalized spacial score (nSPS) is 10.5. The van der Waals surface area contributed by atoms with Gasteiger partial charge >= 0.3 is 0 Å². The molecule has 0 bridgehead atoms. The second-order valence-electron chi connectivity index (χ2n) is 2.88. The maximum absolute atomic E-state index is 9.58. The summed E-state index contributed by atoms with van der Waals surface area (Å²) >= 11 is 0. The quantitative estimate of drug-likeness (QED) is 0.493. The highest BCUT2D eigenvalue weighted by atomic mass is 31.0. The molecule has 0 aromatic heterocycles. The van der Waals surface area contributed by atoms with Crippen LogP contribution in [0.15, 0.2) is 30.3 Å². The fourth-order valence-electron chi connectivity index (χ4n) is 1.34. The van der Waals surface area contributed by atoms with Crippen LogP contribution >= 0.6 is 9.24 Å². The van der Waals surface area contributed by atoms with Crippen molar-refractivity contribution in [1.82, 2.24) is 0 Å². The first-order valence-electron chi connectivity index (χ1n) is 3.89. The molecule has 0 aliphatic rings. The van der Waals surface area contributed by atoms with Crippen LogP contribution in [0.5, 0.6) is 11.5 Å². The maximum atomic E-state index is 9.58. The molecule has 1 unspecified atom stereocenters. The molecule has 2 aromatic rings. The number of fused-ring (bicyclic) bond motifs is 1. The van der Waals surface area contributed by atoms with Gasteiger partial charge in [-0.15, -0.1) is 9.24 Å². The third-order valence-corrected chi connectivity index (χ3v) is 2.46. The first kappa shape index (κ1) is 8.33. The number of phenols is 2. The highest BCUT2D eigenvalue weighted by molar-refractivity contribution is 7.27. The van der Waals surface area contributed by atoms with Gasteiger partial charge in [0.2, 0.25) is 0 Å². The van der Waals surface area contributed by atoms with Crippen LogP contribution in [-0.4, -0.2) is 10.2 Å². The van der Waals surface area contributed by atoms with E-state index in [-0.39, 0.29) is 11.5 Å². The van der Waals surface area contributed by atoms with Crippen molar-refractivity contribution in [2.45, 2.75) is 0 Å². The predicted octanol–water partition coefficient (Wildman–Crippen LogP) is 1.75. The topological polar surface area (TPSA) is 40.5 Å². The van der Waals surface area contributed by atoms with Crippen molar-refractivity contribution in [3.63, 3.8) is 0 Å². The number of benzene rings is 2. The van der Waals surface area contributed by atoms with Gasteiger partial charge < -0.3 is 10.2 Å². The largest absolute Gasteiger partial charge is 0.504 e. The average molecular weight is 192 g/mol. The van der Waals surface area contributed by atoms with E-state index < -0.39 is 0 Å². The van der Waals surface area contributed by atoms with E-state index in [1.807, 2.05) is 24.3 Å². The molecule has 0 radical (unpaired) electrons. The van der Waals surface area contributed by atoms with E-state index in [0.717, 1.165) is 5.39 Å². The second kappa shape index (κ2) is 2.90. The lowest BCUT2D eigenvalue weighted by atomic mass is 10.1. The van der Waals surface area contributed by atoms with Gasteiger partial charge in [-0.2, -0.15) is 0 Å². The second-order valence-corrected chi connectivity index (χ2v) is 3.51. The Hall–Kier alpha value is -1.27. The van der Waals surface area contributed by atoms with Crippen molar-refractivity contribution in [1.29, 1.82) is 0 Å². The van der Waals surface area contributed by atoms with Crippen molar-refractivity contribution in [3.8, 4) is 11.5 Å². The van der Waals surface area contributed by atoms with Crippen LogP contribution in [0.4, 0.5) is 0 Å². The van der Waals surface area contributed by atoms with Crippen LogP contribution in [0, 0.1) is 0 Å². The van der Waals surface area contributed by atoms with Gasteiger partial charge in [-0.3, -0.25) is 0 Å². The molecule has 0 aliphatic carbocycles. The van der Waals surface area contributed by atoms with Crippen LogP contribution in [0.1, 0.15) is 0 Å². The third-order valence-electron chi connectivity index (χ3n) is 2.02. The van der Waals surface area contributed by atoms with Crippen molar-refractivity contribution in [3.05, 3.63) is 30.3 Å². The standard InChI is InChI=1S/C10H9O2P/c11-9-7-4-2-1-3-6(7)5-8(13)10(9)12/h1-5,11-12H,13H2. The van der Waals surface area contributed by atoms with Gasteiger partial charge in [0.05, 0.1) is 0 Å². The highest BCUT2D eigenvalue weighted by Crippen LogP contribution is 2.32. The summed E-state index contributed by atoms with van der Waals surface area (Å²) in [6.45, 7) is 0. The van der Waals surface area contributed by atoms with Crippen LogP contribution < -0.4 is 5.30 Å². The number of rotatable bonds is 0. The van der Waals surface area contributed by atoms with Crippen molar-refractivity contribution in [2.24, 2.45) is 0 Å². The van der Waals surface area contributed by atoms with Gasteiger partial charge in [-0.1, -0.05) is 24.3 Å². The summed E-state index contributed by atoms with van der Waals surface area (Å²) in [4.78, 5) is 0. The fourth-order valence-corrected chi connectivity index (χ4v) is 1.65. The Morgan fingerprint density at radius 3 is 2.46 bits per heavy atom. The van der Waals surface area contributed by atoms with E-state index >= 15 is 0 Å². The Morgan fingerprint density at radius 2 is 1.69 bits per heavy atom. The first-order chi connectivity index (χ1) is 6.20. The molecule has 0 fully saturated rings. The Bertz CT molecular complexity index is 466. The van der Waals surface area contributed by atoms with E-state index in [0.29, 0.717) is 10.7 Å². The lowest BCUT2D eigenvalue weighted by Crippen LogP contribution is -1.91. The van der Waals surface area contributed by atoms with E-state index in [2.05, 4.69) is 9.24 Å². The molecule has 2 nitrogen and oxygen atoms in total.